The number of hydrogen-bond acceptors (Lipinski definition) is 7. The maximum absolute atomic E-state index is 15.2. The van der Waals surface area contributed by atoms with Crippen molar-refractivity contribution in [3.63, 3.8) is 0 Å². The lowest BCUT2D eigenvalue weighted by molar-refractivity contribution is -0.0458. The molecule has 4 rings (SSSR count). The second-order valence-electron chi connectivity index (χ2n) is 6.33. The summed E-state index contributed by atoms with van der Waals surface area (Å²) in [7, 11) is 0. The van der Waals surface area contributed by atoms with E-state index in [4.69, 9.17) is 32.6 Å². The molecule has 2 aromatic heterocycles. The van der Waals surface area contributed by atoms with Crippen LogP contribution in [-0.4, -0.2) is 28.1 Å². The number of aromatic nitrogens is 2. The van der Waals surface area contributed by atoms with E-state index in [1.165, 1.54) is 6.20 Å². The Morgan fingerprint density at radius 2 is 2.13 bits per heavy atom. The van der Waals surface area contributed by atoms with Crippen LogP contribution in [0.3, 0.4) is 0 Å². The van der Waals surface area contributed by atoms with Gasteiger partial charge in [-0.15, -0.1) is 11.3 Å². The summed E-state index contributed by atoms with van der Waals surface area (Å²) in [6, 6.07) is 6.75. The zero-order valence-electron chi connectivity index (χ0n) is 15.0. The van der Waals surface area contributed by atoms with Crippen molar-refractivity contribution in [2.24, 2.45) is 0 Å². The smallest absolute Gasteiger partial charge is 0.315 e. The molecule has 4 N–H and O–H groups in total. The molecule has 1 unspecified atom stereocenters. The van der Waals surface area contributed by atoms with Gasteiger partial charge in [-0.3, -0.25) is 16.2 Å². The molecule has 1 aliphatic heterocycles. The molecule has 1 atom stereocenters. The van der Waals surface area contributed by atoms with E-state index in [2.05, 4.69) is 15.3 Å². The lowest BCUT2D eigenvalue weighted by Crippen LogP contribution is -2.45. The number of alkyl halides is 2. The second kappa shape index (κ2) is 7.54. The Hall–Kier alpha value is -3.24. The summed E-state index contributed by atoms with van der Waals surface area (Å²) in [6.07, 6.45) is 2.86. The molecule has 0 bridgehead atoms. The second-order valence-corrected chi connectivity index (χ2v) is 7.82. The summed E-state index contributed by atoms with van der Waals surface area (Å²) in [6.45, 7) is 0. The van der Waals surface area contributed by atoms with E-state index >= 15 is 8.78 Å². The highest BCUT2D eigenvalue weighted by Gasteiger charge is 2.51. The summed E-state index contributed by atoms with van der Waals surface area (Å²) in [5, 5.41) is 25.5. The number of benzene rings is 1. The fourth-order valence-corrected chi connectivity index (χ4v) is 4.66. The molecule has 152 valence electrons. The number of amidine groups is 1. The Morgan fingerprint density at radius 3 is 2.90 bits per heavy atom. The van der Waals surface area contributed by atoms with Gasteiger partial charge in [-0.2, -0.15) is 8.78 Å². The van der Waals surface area contributed by atoms with Crippen LogP contribution in [0.5, 0.6) is 0 Å². The normalized spacial score (nSPS) is 17.0. The van der Waals surface area contributed by atoms with Gasteiger partial charge in [0.05, 0.1) is 15.5 Å². The van der Waals surface area contributed by atoms with Crippen molar-refractivity contribution in [2.45, 2.75) is 12.0 Å². The van der Waals surface area contributed by atoms with Crippen molar-refractivity contribution in [1.82, 2.24) is 15.3 Å². The molecule has 0 radical (unpaired) electrons. The number of nitrogens with zero attached hydrogens (tertiary/aromatic N) is 2. The zero-order valence-corrected chi connectivity index (χ0v) is 16.6. The van der Waals surface area contributed by atoms with Crippen LogP contribution in [-0.2, 0) is 10.7 Å². The first-order valence-electron chi connectivity index (χ1n) is 8.51. The molecule has 0 fully saturated rings. The lowest BCUT2D eigenvalue weighted by Gasteiger charge is -2.33. The number of fused-ring (bicyclic) bond motifs is 1. The molecular formula is C19H13ClF2N6OS. The van der Waals surface area contributed by atoms with E-state index in [1.54, 1.807) is 30.3 Å². The quantitative estimate of drug-likeness (QED) is 0.346. The Labute approximate surface area is 178 Å². The van der Waals surface area contributed by atoms with Crippen molar-refractivity contribution >= 4 is 41.1 Å². The first-order chi connectivity index (χ1) is 14.3. The minimum absolute atomic E-state index is 0.0518. The predicted octanol–water partition coefficient (Wildman–Crippen LogP) is 4.57. The van der Waals surface area contributed by atoms with Gasteiger partial charge in [0.1, 0.15) is 23.9 Å². The Morgan fingerprint density at radius 1 is 1.33 bits per heavy atom. The van der Waals surface area contributed by atoms with Gasteiger partial charge in [0.15, 0.2) is 6.40 Å². The third-order valence-electron chi connectivity index (χ3n) is 4.51. The van der Waals surface area contributed by atoms with Crippen LogP contribution in [0.15, 0.2) is 42.9 Å². The van der Waals surface area contributed by atoms with Crippen LogP contribution in [0, 0.1) is 16.2 Å². The number of thiophene rings is 1. The molecular weight excluding hydrogens is 434 g/mol. The number of ether oxygens (including phenoxy) is 1. The molecule has 30 heavy (non-hydrogen) atoms. The van der Waals surface area contributed by atoms with E-state index in [0.717, 1.165) is 17.7 Å². The first-order valence-corrected chi connectivity index (χ1v) is 9.70. The molecule has 1 aliphatic rings. The van der Waals surface area contributed by atoms with Gasteiger partial charge in [-0.1, -0.05) is 23.7 Å². The number of halogens is 3. The average Bonchev–Trinajstić information content (AvgIpc) is 3.12. The molecule has 0 saturated heterocycles. The van der Waals surface area contributed by atoms with Crippen molar-refractivity contribution in [3.8, 4) is 10.4 Å². The third kappa shape index (κ3) is 3.33. The van der Waals surface area contributed by atoms with Crippen LogP contribution in [0.2, 0.25) is 5.02 Å². The van der Waals surface area contributed by atoms with Gasteiger partial charge in [-0.25, -0.2) is 9.97 Å². The summed E-state index contributed by atoms with van der Waals surface area (Å²) in [5.41, 5.74) is 0.511. The molecule has 11 heteroatoms. The highest BCUT2D eigenvalue weighted by molar-refractivity contribution is 7.16. The number of hydrogen-bond donors (Lipinski definition) is 4. The van der Waals surface area contributed by atoms with Gasteiger partial charge in [0.2, 0.25) is 5.90 Å². The monoisotopic (exact) mass is 446 g/mol. The molecule has 1 aromatic carbocycles. The van der Waals surface area contributed by atoms with Crippen LogP contribution < -0.4 is 5.32 Å². The van der Waals surface area contributed by atoms with Gasteiger partial charge >= 0.3 is 5.92 Å². The molecule has 0 aliphatic carbocycles. The summed E-state index contributed by atoms with van der Waals surface area (Å²) in [4.78, 5) is 8.20. The molecule has 0 saturated carbocycles. The molecule has 3 aromatic rings. The maximum Gasteiger partial charge on any atom is 0.315 e. The van der Waals surface area contributed by atoms with Gasteiger partial charge in [0.25, 0.3) is 0 Å². The van der Waals surface area contributed by atoms with Crippen molar-refractivity contribution in [2.75, 3.05) is 0 Å². The van der Waals surface area contributed by atoms with Crippen molar-refractivity contribution in [3.05, 3.63) is 69.6 Å². The Balaban J connectivity index is 1.74. The van der Waals surface area contributed by atoms with Crippen LogP contribution >= 0.6 is 22.9 Å². The zero-order chi connectivity index (χ0) is 21.5. The molecule has 7 nitrogen and oxygen atoms in total. The number of rotatable bonds is 4. The van der Waals surface area contributed by atoms with Crippen LogP contribution in [0.4, 0.5) is 8.78 Å². The maximum atomic E-state index is 15.2. The fourth-order valence-electron chi connectivity index (χ4n) is 3.12. The fraction of sp³-hybridized carbons (Fsp3) is 0.105. The first kappa shape index (κ1) is 20.0. The van der Waals surface area contributed by atoms with Gasteiger partial charge < -0.3 is 10.1 Å². The highest BCUT2D eigenvalue weighted by Crippen LogP contribution is 2.49. The van der Waals surface area contributed by atoms with E-state index in [0.29, 0.717) is 22.4 Å². The summed E-state index contributed by atoms with van der Waals surface area (Å²) < 4.78 is 35.2. The topological polar surface area (TPSA) is 119 Å². The predicted molar refractivity (Wildman–Crippen MR) is 110 cm³/mol. The van der Waals surface area contributed by atoms with E-state index < -0.39 is 17.7 Å². The summed E-state index contributed by atoms with van der Waals surface area (Å²) in [5.74, 6) is -3.82. The van der Waals surface area contributed by atoms with E-state index in [1.807, 2.05) is 0 Å². The van der Waals surface area contributed by atoms with Crippen molar-refractivity contribution < 1.29 is 13.5 Å². The molecule has 0 amide bonds. The molecule has 0 spiro atoms. The Kier molecular flexibility index (Phi) is 5.04. The standard InChI is InChI=1S/C19H13ClF2N6OS/c20-12-5-13(9-2-1-3-10(4-9)18(25)29-7-23)30-14(12)16-19(21,22)15-11(17(24)28-16)6-26-8-27-15/h1-8,16,23,25H,(H2,24,28). The molecule has 3 heterocycles. The average molecular weight is 447 g/mol. The highest BCUT2D eigenvalue weighted by atomic mass is 35.5. The van der Waals surface area contributed by atoms with Crippen molar-refractivity contribution in [1.29, 1.82) is 16.2 Å². The SMILES string of the molecule is N=COC(=N)c1cccc(-c2cc(Cl)c(C3NC(=N)c4cncnc4C3(F)F)s2)c1. The van der Waals surface area contributed by atoms with E-state index in [-0.39, 0.29) is 27.2 Å². The third-order valence-corrected chi connectivity index (χ3v) is 6.18. The number of nitrogens with one attached hydrogen (secondary N) is 4. The largest absolute Gasteiger partial charge is 0.428 e. The Bertz CT molecular complexity index is 1180. The van der Waals surface area contributed by atoms with Crippen LogP contribution in [0.25, 0.3) is 10.4 Å². The van der Waals surface area contributed by atoms with Crippen LogP contribution in [0.1, 0.15) is 27.7 Å². The summed E-state index contributed by atoms with van der Waals surface area (Å²) >= 11 is 7.38. The minimum atomic E-state index is -3.41. The lowest BCUT2D eigenvalue weighted by atomic mass is 9.95. The minimum Gasteiger partial charge on any atom is -0.428 e. The van der Waals surface area contributed by atoms with Gasteiger partial charge in [-0.05, 0) is 23.8 Å². The van der Waals surface area contributed by atoms with Gasteiger partial charge in [0, 0.05) is 16.6 Å². The van der Waals surface area contributed by atoms with E-state index in [9.17, 15) is 0 Å².